The van der Waals surface area contributed by atoms with Crippen molar-refractivity contribution in [3.63, 3.8) is 0 Å². The van der Waals surface area contributed by atoms with Crippen LogP contribution in [0.25, 0.3) is 0 Å². The summed E-state index contributed by atoms with van der Waals surface area (Å²) in [7, 11) is 1.84. The summed E-state index contributed by atoms with van der Waals surface area (Å²) in [6.45, 7) is 0. The highest BCUT2D eigenvalue weighted by molar-refractivity contribution is 7.98. The fourth-order valence-corrected chi connectivity index (χ4v) is 3.16. The number of benzene rings is 1. The molecule has 0 spiro atoms. The molecule has 9 nitrogen and oxygen atoms in total. The number of aryl methyl sites for hydroxylation is 1. The number of rotatable bonds is 6. The van der Waals surface area contributed by atoms with Gasteiger partial charge in [-0.05, 0) is 12.1 Å². The van der Waals surface area contributed by atoms with E-state index < -0.39 is 22.0 Å². The number of nitro groups is 1. The van der Waals surface area contributed by atoms with Gasteiger partial charge in [0.2, 0.25) is 11.2 Å². The molecule has 0 aliphatic carbocycles. The van der Waals surface area contributed by atoms with Crippen molar-refractivity contribution in [2.24, 2.45) is 7.05 Å². The van der Waals surface area contributed by atoms with Crippen LogP contribution in [-0.2, 0) is 12.8 Å². The predicted octanol–water partition coefficient (Wildman–Crippen LogP) is 3.45. The van der Waals surface area contributed by atoms with Gasteiger partial charge in [-0.3, -0.25) is 14.9 Å². The third-order valence-electron chi connectivity index (χ3n) is 3.55. The maximum Gasteiger partial charge on any atom is 0.344 e. The second kappa shape index (κ2) is 8.28. The fourth-order valence-electron chi connectivity index (χ4n) is 2.15. The molecule has 0 bridgehead atoms. The van der Waals surface area contributed by atoms with Crippen LogP contribution < -0.4 is 10.2 Å². The van der Waals surface area contributed by atoms with Gasteiger partial charge in [0.1, 0.15) is 17.0 Å². The number of imidazole rings is 1. The van der Waals surface area contributed by atoms with Gasteiger partial charge in [0.15, 0.2) is 5.16 Å². The van der Waals surface area contributed by atoms with Gasteiger partial charge in [-0.1, -0.05) is 23.4 Å². The summed E-state index contributed by atoms with van der Waals surface area (Å²) in [4.78, 5) is 38.7. The van der Waals surface area contributed by atoms with E-state index in [0.717, 1.165) is 17.5 Å². The number of esters is 1. The third-order valence-corrected chi connectivity index (χ3v) is 4.95. The van der Waals surface area contributed by atoms with Gasteiger partial charge in [-0.25, -0.2) is 9.78 Å². The predicted molar refractivity (Wildman–Crippen MR) is 101 cm³/mol. The van der Waals surface area contributed by atoms with Crippen LogP contribution in [0.15, 0.2) is 57.3 Å². The van der Waals surface area contributed by atoms with Crippen molar-refractivity contribution in [3.8, 4) is 5.75 Å². The second-order valence-electron chi connectivity index (χ2n) is 5.50. The molecule has 11 heteroatoms. The zero-order valence-electron chi connectivity index (χ0n) is 14.3. The van der Waals surface area contributed by atoms with Crippen LogP contribution in [0.5, 0.6) is 5.75 Å². The van der Waals surface area contributed by atoms with E-state index in [1.54, 1.807) is 12.4 Å². The van der Waals surface area contributed by atoms with Crippen molar-refractivity contribution < 1.29 is 18.9 Å². The molecule has 0 N–H and O–H groups in total. The van der Waals surface area contributed by atoms with Gasteiger partial charge in [-0.2, -0.15) is 0 Å². The highest BCUT2D eigenvalue weighted by Crippen LogP contribution is 2.26. The molecule has 0 aliphatic heterocycles. The van der Waals surface area contributed by atoms with Gasteiger partial charge in [0, 0.05) is 31.6 Å². The molecule has 0 aliphatic rings. The van der Waals surface area contributed by atoms with Crippen molar-refractivity contribution >= 4 is 35.0 Å². The molecule has 2 aromatic heterocycles. The topological polar surface area (TPSA) is 117 Å². The van der Waals surface area contributed by atoms with E-state index >= 15 is 0 Å². The quantitative estimate of drug-likeness (QED) is 0.257. The number of ether oxygens (including phenoxy) is 1. The van der Waals surface area contributed by atoms with E-state index in [9.17, 15) is 19.7 Å². The largest absolute Gasteiger partial charge is 0.464 e. The van der Waals surface area contributed by atoms with Crippen LogP contribution >= 0.6 is 23.4 Å². The molecule has 2 heterocycles. The van der Waals surface area contributed by atoms with Crippen LogP contribution in [0.4, 0.5) is 5.69 Å². The molecule has 1 aromatic carbocycles. The molecule has 144 valence electrons. The minimum Gasteiger partial charge on any atom is -0.464 e. The van der Waals surface area contributed by atoms with Crippen molar-refractivity contribution in [2.45, 2.75) is 10.9 Å². The number of nitro benzene ring substituents is 1. The molecule has 28 heavy (non-hydrogen) atoms. The van der Waals surface area contributed by atoms with E-state index in [0.29, 0.717) is 11.5 Å². The molecule has 0 saturated carbocycles. The average molecular weight is 422 g/mol. The molecule has 0 radical (unpaired) electrons. The lowest BCUT2D eigenvalue weighted by atomic mass is 10.2. The minimum atomic E-state index is -0.942. The number of halogens is 1. The summed E-state index contributed by atoms with van der Waals surface area (Å²) < 4.78 is 12.2. The standard InChI is InChI=1S/C17H12ClN3O6S/c1-20-5-4-19-17(20)28-9-11-7-14(22)15(8-26-11)27-16(23)10-2-3-12(18)13(6-10)21(24)25/h2-8H,9H2,1H3. The number of carbonyl (C=O) groups is 1. The number of hydrogen-bond acceptors (Lipinski definition) is 8. The second-order valence-corrected chi connectivity index (χ2v) is 6.85. The highest BCUT2D eigenvalue weighted by Gasteiger charge is 2.19. The number of hydrogen-bond donors (Lipinski definition) is 0. The Kier molecular flexibility index (Phi) is 5.81. The van der Waals surface area contributed by atoms with Crippen molar-refractivity contribution in [2.75, 3.05) is 0 Å². The Labute approximate surface area is 167 Å². The van der Waals surface area contributed by atoms with Crippen LogP contribution in [0.3, 0.4) is 0 Å². The van der Waals surface area contributed by atoms with E-state index in [1.807, 2.05) is 11.6 Å². The van der Waals surface area contributed by atoms with E-state index in [1.165, 1.54) is 30.0 Å². The number of nitrogens with zero attached hydrogens (tertiary/aromatic N) is 3. The maximum absolute atomic E-state index is 12.2. The Morgan fingerprint density at radius 1 is 1.43 bits per heavy atom. The Morgan fingerprint density at radius 3 is 2.86 bits per heavy atom. The molecular formula is C17H12ClN3O6S. The molecule has 3 rings (SSSR count). The molecular weight excluding hydrogens is 410 g/mol. The summed E-state index contributed by atoms with van der Waals surface area (Å²) in [5.74, 6) is -0.534. The molecule has 0 saturated heterocycles. The van der Waals surface area contributed by atoms with Crippen LogP contribution in [0.1, 0.15) is 16.1 Å². The Bertz CT molecular complexity index is 1110. The zero-order chi connectivity index (χ0) is 20.3. The molecule has 0 fully saturated rings. The normalized spacial score (nSPS) is 10.6. The summed E-state index contributed by atoms with van der Waals surface area (Å²) >= 11 is 7.08. The SMILES string of the molecule is Cn1ccnc1SCc1cc(=O)c(OC(=O)c2ccc(Cl)c([N+](=O)[O-])c2)co1. The van der Waals surface area contributed by atoms with Crippen LogP contribution in [0, 0.1) is 10.1 Å². The lowest BCUT2D eigenvalue weighted by molar-refractivity contribution is -0.384. The van der Waals surface area contributed by atoms with Crippen molar-refractivity contribution in [1.82, 2.24) is 9.55 Å². The molecule has 0 atom stereocenters. The Morgan fingerprint density at radius 2 is 2.21 bits per heavy atom. The van der Waals surface area contributed by atoms with Gasteiger partial charge < -0.3 is 13.7 Å². The summed E-state index contributed by atoms with van der Waals surface area (Å²) in [5, 5.41) is 11.5. The van der Waals surface area contributed by atoms with Crippen molar-refractivity contribution in [3.05, 3.63) is 79.6 Å². The first-order chi connectivity index (χ1) is 13.3. The fraction of sp³-hybridized carbons (Fsp3) is 0.118. The maximum atomic E-state index is 12.2. The van der Waals surface area contributed by atoms with Gasteiger partial charge in [0.25, 0.3) is 5.69 Å². The zero-order valence-corrected chi connectivity index (χ0v) is 15.9. The first kappa shape index (κ1) is 19.6. The molecule has 0 unspecified atom stereocenters. The summed E-state index contributed by atoms with van der Waals surface area (Å²) in [6.07, 6.45) is 4.48. The smallest absolute Gasteiger partial charge is 0.344 e. The first-order valence-corrected chi connectivity index (χ1v) is 9.09. The van der Waals surface area contributed by atoms with E-state index in [2.05, 4.69) is 4.98 Å². The van der Waals surface area contributed by atoms with Crippen LogP contribution in [-0.4, -0.2) is 20.4 Å². The van der Waals surface area contributed by atoms with Crippen LogP contribution in [0.2, 0.25) is 5.02 Å². The minimum absolute atomic E-state index is 0.115. The van der Waals surface area contributed by atoms with Crippen molar-refractivity contribution in [1.29, 1.82) is 0 Å². The van der Waals surface area contributed by atoms with Gasteiger partial charge >= 0.3 is 5.97 Å². The van der Waals surface area contributed by atoms with E-state index in [4.69, 9.17) is 20.8 Å². The van der Waals surface area contributed by atoms with Gasteiger partial charge in [-0.15, -0.1) is 0 Å². The average Bonchev–Trinajstić information content (AvgIpc) is 3.07. The Balaban J connectivity index is 1.71. The summed E-state index contributed by atoms with van der Waals surface area (Å²) in [5.41, 5.74) is -1.12. The Hall–Kier alpha value is -3.11. The monoisotopic (exact) mass is 421 g/mol. The number of aromatic nitrogens is 2. The molecule has 3 aromatic rings. The molecule has 0 amide bonds. The lowest BCUT2D eigenvalue weighted by Gasteiger charge is -2.05. The third kappa shape index (κ3) is 4.41. The number of thioether (sulfide) groups is 1. The highest BCUT2D eigenvalue weighted by atomic mass is 35.5. The summed E-state index contributed by atoms with van der Waals surface area (Å²) in [6, 6.07) is 4.65. The van der Waals surface area contributed by atoms with E-state index in [-0.39, 0.29) is 16.3 Å². The number of carbonyl (C=O) groups excluding carboxylic acids is 1. The van der Waals surface area contributed by atoms with Gasteiger partial charge in [0.05, 0.1) is 16.2 Å². The first-order valence-electron chi connectivity index (χ1n) is 7.73. The lowest BCUT2D eigenvalue weighted by Crippen LogP contribution is -2.15.